The fraction of sp³-hybridized carbons (Fsp3) is 0.533. The number of hydrogen-bond acceptors (Lipinski definition) is 7. The summed E-state index contributed by atoms with van der Waals surface area (Å²) < 4.78 is 10.1. The molecular weight excluding hydrogens is 290 g/mol. The zero-order valence-electron chi connectivity index (χ0n) is 12.7. The Morgan fingerprint density at radius 3 is 2.45 bits per heavy atom. The SMILES string of the molecule is COC(=O)c1cc(C)c(C)cc1N[C@@H]1O[C@@H](CO)[C@@H](O)[C@H]1O. The maximum absolute atomic E-state index is 11.9. The van der Waals surface area contributed by atoms with Gasteiger partial charge in [0, 0.05) is 0 Å². The van der Waals surface area contributed by atoms with Crippen molar-refractivity contribution in [2.24, 2.45) is 0 Å². The van der Waals surface area contributed by atoms with Crippen LogP contribution in [0.15, 0.2) is 12.1 Å². The summed E-state index contributed by atoms with van der Waals surface area (Å²) >= 11 is 0. The first kappa shape index (κ1) is 16.7. The van der Waals surface area contributed by atoms with Crippen molar-refractivity contribution in [2.75, 3.05) is 19.0 Å². The largest absolute Gasteiger partial charge is 0.465 e. The highest BCUT2D eigenvalue weighted by atomic mass is 16.6. The van der Waals surface area contributed by atoms with Crippen molar-refractivity contribution in [3.05, 3.63) is 28.8 Å². The fourth-order valence-electron chi connectivity index (χ4n) is 2.39. The van der Waals surface area contributed by atoms with E-state index in [0.29, 0.717) is 11.3 Å². The topological polar surface area (TPSA) is 108 Å². The Morgan fingerprint density at radius 1 is 1.27 bits per heavy atom. The molecule has 1 aliphatic rings. The molecule has 0 aromatic heterocycles. The number of aliphatic hydroxyl groups is 3. The molecule has 1 saturated heterocycles. The number of methoxy groups -OCH3 is 1. The molecular formula is C15H21NO6. The second-order valence-electron chi connectivity index (χ2n) is 5.38. The lowest BCUT2D eigenvalue weighted by atomic mass is 10.0. The molecule has 1 heterocycles. The molecule has 4 N–H and O–H groups in total. The van der Waals surface area contributed by atoms with E-state index in [0.717, 1.165) is 11.1 Å². The molecule has 0 bridgehead atoms. The summed E-state index contributed by atoms with van der Waals surface area (Å²) in [6.07, 6.45) is -4.22. The third-order valence-corrected chi connectivity index (χ3v) is 3.88. The summed E-state index contributed by atoms with van der Waals surface area (Å²) in [5, 5.41) is 31.7. The number of aryl methyl sites for hydroxylation is 2. The number of carbonyl (C=O) groups is 1. The molecule has 0 spiro atoms. The molecule has 1 fully saturated rings. The molecule has 7 nitrogen and oxygen atoms in total. The lowest BCUT2D eigenvalue weighted by Gasteiger charge is -2.20. The maximum Gasteiger partial charge on any atom is 0.339 e. The van der Waals surface area contributed by atoms with Gasteiger partial charge in [-0.25, -0.2) is 4.79 Å². The van der Waals surface area contributed by atoms with E-state index >= 15 is 0 Å². The van der Waals surface area contributed by atoms with Gasteiger partial charge in [0.2, 0.25) is 0 Å². The second-order valence-corrected chi connectivity index (χ2v) is 5.38. The molecule has 0 aliphatic carbocycles. The zero-order valence-corrected chi connectivity index (χ0v) is 12.7. The van der Waals surface area contributed by atoms with Gasteiger partial charge in [-0.05, 0) is 37.1 Å². The van der Waals surface area contributed by atoms with E-state index in [9.17, 15) is 15.0 Å². The molecule has 2 rings (SSSR count). The number of aliphatic hydroxyl groups excluding tert-OH is 3. The average molecular weight is 311 g/mol. The van der Waals surface area contributed by atoms with Crippen LogP contribution in [-0.4, -0.2) is 59.5 Å². The third kappa shape index (κ3) is 3.07. The highest BCUT2D eigenvalue weighted by Crippen LogP contribution is 2.27. The molecule has 1 aromatic carbocycles. The fourth-order valence-corrected chi connectivity index (χ4v) is 2.39. The third-order valence-electron chi connectivity index (χ3n) is 3.88. The van der Waals surface area contributed by atoms with Crippen LogP contribution in [0.1, 0.15) is 21.5 Å². The zero-order chi connectivity index (χ0) is 16.4. The molecule has 0 radical (unpaired) electrons. The van der Waals surface area contributed by atoms with Crippen LogP contribution in [0, 0.1) is 13.8 Å². The Bertz CT molecular complexity index is 561. The average Bonchev–Trinajstić information content (AvgIpc) is 2.77. The molecule has 7 heteroatoms. The maximum atomic E-state index is 11.9. The van der Waals surface area contributed by atoms with Crippen molar-refractivity contribution in [2.45, 2.75) is 38.4 Å². The van der Waals surface area contributed by atoms with Crippen molar-refractivity contribution in [1.29, 1.82) is 0 Å². The van der Waals surface area contributed by atoms with Gasteiger partial charge in [-0.15, -0.1) is 0 Å². The first-order valence-corrected chi connectivity index (χ1v) is 6.97. The van der Waals surface area contributed by atoms with Gasteiger partial charge in [0.15, 0.2) is 6.23 Å². The van der Waals surface area contributed by atoms with Gasteiger partial charge in [0.05, 0.1) is 25.0 Å². The van der Waals surface area contributed by atoms with Crippen LogP contribution in [-0.2, 0) is 9.47 Å². The lowest BCUT2D eigenvalue weighted by molar-refractivity contribution is -0.0153. The normalized spacial score (nSPS) is 27.7. The minimum absolute atomic E-state index is 0.309. The molecule has 22 heavy (non-hydrogen) atoms. The summed E-state index contributed by atoms with van der Waals surface area (Å²) in [7, 11) is 1.29. The van der Waals surface area contributed by atoms with Gasteiger partial charge in [0.25, 0.3) is 0 Å². The number of rotatable bonds is 4. The molecule has 122 valence electrons. The molecule has 4 atom stereocenters. The summed E-state index contributed by atoms with van der Waals surface area (Å²) in [6.45, 7) is 3.35. The standard InChI is InChI=1S/C15H21NO6/c1-7-4-9(15(20)21-3)10(5-8(7)2)16-14-13(19)12(18)11(6-17)22-14/h4-5,11-14,16-19H,6H2,1-3H3/t11-,12+,13+,14+/m0/s1. The quantitative estimate of drug-likeness (QED) is 0.577. The predicted molar refractivity (Wildman–Crippen MR) is 78.6 cm³/mol. The summed E-state index contributed by atoms with van der Waals surface area (Å²) in [5.74, 6) is -0.516. The van der Waals surface area contributed by atoms with Crippen LogP contribution in [0.4, 0.5) is 5.69 Å². The number of nitrogens with one attached hydrogen (secondary N) is 1. The van der Waals surface area contributed by atoms with Crippen LogP contribution >= 0.6 is 0 Å². The first-order valence-electron chi connectivity index (χ1n) is 6.97. The second kappa shape index (κ2) is 6.62. The number of carbonyl (C=O) groups excluding carboxylic acids is 1. The van der Waals surface area contributed by atoms with Crippen LogP contribution in [0.2, 0.25) is 0 Å². The van der Waals surface area contributed by atoms with Gasteiger partial charge in [0.1, 0.15) is 18.3 Å². The van der Waals surface area contributed by atoms with E-state index in [2.05, 4.69) is 5.32 Å². The van der Waals surface area contributed by atoms with Crippen LogP contribution in [0.3, 0.4) is 0 Å². The minimum atomic E-state index is -1.22. The van der Waals surface area contributed by atoms with E-state index < -0.39 is 37.1 Å². The van der Waals surface area contributed by atoms with E-state index in [4.69, 9.17) is 14.6 Å². The van der Waals surface area contributed by atoms with Crippen molar-refractivity contribution in [3.8, 4) is 0 Å². The van der Waals surface area contributed by atoms with Gasteiger partial charge < -0.3 is 30.1 Å². The van der Waals surface area contributed by atoms with Crippen LogP contribution in [0.5, 0.6) is 0 Å². The highest BCUT2D eigenvalue weighted by molar-refractivity contribution is 5.96. The van der Waals surface area contributed by atoms with Crippen molar-refractivity contribution in [1.82, 2.24) is 0 Å². The minimum Gasteiger partial charge on any atom is -0.465 e. The van der Waals surface area contributed by atoms with E-state index in [1.807, 2.05) is 13.8 Å². The summed E-state index contributed by atoms with van der Waals surface area (Å²) in [6, 6.07) is 3.43. The predicted octanol–water partition coefficient (Wildman–Crippen LogP) is -0.0591. The van der Waals surface area contributed by atoms with E-state index in [-0.39, 0.29) is 0 Å². The number of hydrogen-bond donors (Lipinski definition) is 4. The number of ether oxygens (including phenoxy) is 2. The number of benzene rings is 1. The Hall–Kier alpha value is -1.67. The smallest absolute Gasteiger partial charge is 0.339 e. The number of esters is 1. The van der Waals surface area contributed by atoms with Gasteiger partial charge in [-0.2, -0.15) is 0 Å². The monoisotopic (exact) mass is 311 g/mol. The van der Waals surface area contributed by atoms with Crippen molar-refractivity contribution in [3.63, 3.8) is 0 Å². The van der Waals surface area contributed by atoms with Gasteiger partial charge in [-0.3, -0.25) is 0 Å². The van der Waals surface area contributed by atoms with Gasteiger partial charge >= 0.3 is 5.97 Å². The molecule has 1 aromatic rings. The van der Waals surface area contributed by atoms with Gasteiger partial charge in [-0.1, -0.05) is 0 Å². The van der Waals surface area contributed by atoms with Crippen LogP contribution < -0.4 is 5.32 Å². The van der Waals surface area contributed by atoms with Crippen LogP contribution in [0.25, 0.3) is 0 Å². The number of anilines is 1. The Labute approximate surface area is 128 Å². The molecule has 0 amide bonds. The Kier molecular flexibility index (Phi) is 5.02. The van der Waals surface area contributed by atoms with E-state index in [1.54, 1.807) is 12.1 Å². The van der Waals surface area contributed by atoms with E-state index in [1.165, 1.54) is 7.11 Å². The van der Waals surface area contributed by atoms with Crippen molar-refractivity contribution < 1.29 is 29.6 Å². The Morgan fingerprint density at radius 2 is 1.91 bits per heavy atom. The summed E-state index contributed by atoms with van der Waals surface area (Å²) in [5.41, 5.74) is 2.61. The lowest BCUT2D eigenvalue weighted by Crippen LogP contribution is -2.36. The highest BCUT2D eigenvalue weighted by Gasteiger charge is 2.42. The molecule has 0 saturated carbocycles. The summed E-state index contributed by atoms with van der Waals surface area (Å²) in [4.78, 5) is 11.9. The van der Waals surface area contributed by atoms with Crippen molar-refractivity contribution >= 4 is 11.7 Å². The molecule has 0 unspecified atom stereocenters. The first-order chi connectivity index (χ1) is 10.4. The Balaban J connectivity index is 2.29. The molecule has 1 aliphatic heterocycles.